The summed E-state index contributed by atoms with van der Waals surface area (Å²) in [6.07, 6.45) is 6.20. The highest BCUT2D eigenvalue weighted by Gasteiger charge is 2.24. The van der Waals surface area contributed by atoms with E-state index in [1.54, 1.807) is 18.3 Å². The van der Waals surface area contributed by atoms with Crippen LogP contribution in [0.5, 0.6) is 11.5 Å². The number of likely N-dealkylation sites (tertiary alicyclic amines) is 1. The van der Waals surface area contributed by atoms with Crippen molar-refractivity contribution in [2.45, 2.75) is 20.3 Å². The number of ether oxygens (including phenoxy) is 1. The molecule has 1 aromatic carbocycles. The lowest BCUT2D eigenvalue weighted by atomic mass is 9.91. The van der Waals surface area contributed by atoms with Crippen LogP contribution in [0.2, 0.25) is 0 Å². The van der Waals surface area contributed by atoms with Gasteiger partial charge in [0.2, 0.25) is 0 Å². The zero-order chi connectivity index (χ0) is 23.2. The van der Waals surface area contributed by atoms with Crippen molar-refractivity contribution in [2.75, 3.05) is 18.4 Å². The van der Waals surface area contributed by atoms with Gasteiger partial charge in [-0.15, -0.1) is 0 Å². The fourth-order valence-corrected chi connectivity index (χ4v) is 3.72. The van der Waals surface area contributed by atoms with E-state index in [0.29, 0.717) is 30.2 Å². The van der Waals surface area contributed by atoms with Gasteiger partial charge in [-0.25, -0.2) is 9.78 Å². The van der Waals surface area contributed by atoms with Crippen molar-refractivity contribution in [3.63, 3.8) is 0 Å². The number of hydrogen-bond donors (Lipinski definition) is 1. The van der Waals surface area contributed by atoms with Crippen LogP contribution >= 0.6 is 0 Å². The van der Waals surface area contributed by atoms with Crippen molar-refractivity contribution in [1.29, 1.82) is 5.26 Å². The van der Waals surface area contributed by atoms with Gasteiger partial charge < -0.3 is 15.0 Å². The monoisotopic (exact) mass is 439 g/mol. The molecule has 7 heteroatoms. The zero-order valence-electron chi connectivity index (χ0n) is 18.7. The normalized spacial score (nSPS) is 16.8. The Bertz CT molecular complexity index is 1200. The molecule has 1 unspecified atom stereocenters. The largest absolute Gasteiger partial charge is 0.456 e. The molecule has 1 atom stereocenters. The summed E-state index contributed by atoms with van der Waals surface area (Å²) in [5, 5.41) is 11.7. The molecule has 0 bridgehead atoms. The molecule has 2 aromatic heterocycles. The molecule has 0 spiro atoms. The second kappa shape index (κ2) is 9.96. The molecule has 1 aliphatic rings. The highest BCUT2D eigenvalue weighted by molar-refractivity contribution is 5.89. The number of carbonyl (C=O) groups excluding carboxylic acids is 1. The van der Waals surface area contributed by atoms with Crippen LogP contribution in [0.25, 0.3) is 6.08 Å². The van der Waals surface area contributed by atoms with E-state index >= 15 is 0 Å². The highest BCUT2D eigenvalue weighted by Crippen LogP contribution is 2.28. The number of pyridine rings is 2. The molecule has 0 radical (unpaired) electrons. The fourth-order valence-electron chi connectivity index (χ4n) is 3.72. The second-order valence-corrected chi connectivity index (χ2v) is 8.10. The van der Waals surface area contributed by atoms with E-state index in [1.807, 2.05) is 48.2 Å². The lowest BCUT2D eigenvalue weighted by Crippen LogP contribution is -2.42. The number of nitriles is 1. The third-order valence-electron chi connectivity index (χ3n) is 5.54. The molecule has 2 amide bonds. The molecule has 3 aromatic rings. The Hall–Kier alpha value is -4.18. The number of aromatic nitrogens is 2. The maximum Gasteiger partial charge on any atom is 0.321 e. The van der Waals surface area contributed by atoms with E-state index < -0.39 is 0 Å². The molecule has 3 heterocycles. The van der Waals surface area contributed by atoms with Gasteiger partial charge in [-0.05, 0) is 61.2 Å². The Labute approximate surface area is 193 Å². The van der Waals surface area contributed by atoms with Crippen LogP contribution < -0.4 is 10.1 Å². The Balaban J connectivity index is 1.38. The van der Waals surface area contributed by atoms with Gasteiger partial charge in [0, 0.05) is 18.8 Å². The molecule has 1 saturated heterocycles. The minimum absolute atomic E-state index is 0.158. The van der Waals surface area contributed by atoms with E-state index in [1.165, 1.54) is 11.8 Å². The molecule has 1 fully saturated rings. The van der Waals surface area contributed by atoms with Gasteiger partial charge in [-0.3, -0.25) is 4.98 Å². The summed E-state index contributed by atoms with van der Waals surface area (Å²) in [7, 11) is 0. The number of rotatable bonds is 4. The SMILES string of the molecule is Cc1ccc(Oc2cccc(/C=C3\CCN(C(=O)Nc4ccc(C#N)nc4)CC3C)c2)cn1. The highest BCUT2D eigenvalue weighted by atomic mass is 16.5. The lowest BCUT2D eigenvalue weighted by Gasteiger charge is -2.33. The number of piperidine rings is 1. The van der Waals surface area contributed by atoms with Gasteiger partial charge in [-0.2, -0.15) is 5.26 Å². The average molecular weight is 440 g/mol. The van der Waals surface area contributed by atoms with E-state index in [4.69, 9.17) is 10.00 Å². The van der Waals surface area contributed by atoms with Gasteiger partial charge in [-0.1, -0.05) is 30.7 Å². The molecule has 166 valence electrons. The Morgan fingerprint density at radius 2 is 2.06 bits per heavy atom. The lowest BCUT2D eigenvalue weighted by molar-refractivity contribution is 0.198. The second-order valence-electron chi connectivity index (χ2n) is 8.10. The standard InChI is InChI=1S/C26H25N5O2/c1-18-17-31(26(32)30-23-8-7-22(14-27)29-15-23)11-10-21(18)12-20-4-3-5-24(13-20)33-25-9-6-19(2)28-16-25/h3-9,12-13,15-16,18H,10-11,17H2,1-2H3,(H,30,32)/b21-12+. The fraction of sp³-hybridized carbons (Fsp3) is 0.231. The first-order chi connectivity index (χ1) is 16.0. The summed E-state index contributed by atoms with van der Waals surface area (Å²) in [5.41, 5.74) is 4.21. The predicted molar refractivity (Wildman–Crippen MR) is 127 cm³/mol. The zero-order valence-corrected chi connectivity index (χ0v) is 18.7. The van der Waals surface area contributed by atoms with E-state index in [0.717, 1.165) is 23.4 Å². The Morgan fingerprint density at radius 3 is 2.76 bits per heavy atom. The van der Waals surface area contributed by atoms with Crippen molar-refractivity contribution in [3.8, 4) is 17.6 Å². The third-order valence-corrected chi connectivity index (χ3v) is 5.54. The molecule has 4 rings (SSSR count). The van der Waals surface area contributed by atoms with E-state index in [9.17, 15) is 4.79 Å². The van der Waals surface area contributed by atoms with Crippen molar-refractivity contribution < 1.29 is 9.53 Å². The molecule has 0 aliphatic carbocycles. The van der Waals surface area contributed by atoms with E-state index in [-0.39, 0.29) is 11.9 Å². The third kappa shape index (κ3) is 5.74. The van der Waals surface area contributed by atoms with Crippen molar-refractivity contribution in [2.24, 2.45) is 5.92 Å². The van der Waals surface area contributed by atoms with Crippen molar-refractivity contribution >= 4 is 17.8 Å². The van der Waals surface area contributed by atoms with Crippen molar-refractivity contribution in [1.82, 2.24) is 14.9 Å². The van der Waals surface area contributed by atoms with Gasteiger partial charge in [0.05, 0.1) is 18.1 Å². The van der Waals surface area contributed by atoms with Gasteiger partial charge >= 0.3 is 6.03 Å². The topological polar surface area (TPSA) is 91.1 Å². The first kappa shape index (κ1) is 22.0. The number of nitrogens with zero attached hydrogens (tertiary/aromatic N) is 4. The Morgan fingerprint density at radius 1 is 1.18 bits per heavy atom. The summed E-state index contributed by atoms with van der Waals surface area (Å²) < 4.78 is 5.93. The Kier molecular flexibility index (Phi) is 6.65. The van der Waals surface area contributed by atoms with Crippen LogP contribution in [-0.4, -0.2) is 34.0 Å². The maximum atomic E-state index is 12.7. The van der Waals surface area contributed by atoms with Gasteiger partial charge in [0.15, 0.2) is 0 Å². The van der Waals surface area contributed by atoms with Gasteiger partial charge in [0.1, 0.15) is 23.3 Å². The molecule has 0 saturated carbocycles. The molecule has 1 aliphatic heterocycles. The number of carbonyl (C=O) groups is 1. The summed E-state index contributed by atoms with van der Waals surface area (Å²) in [4.78, 5) is 22.7. The predicted octanol–water partition coefficient (Wildman–Crippen LogP) is 5.41. The van der Waals surface area contributed by atoms with Crippen LogP contribution in [0.4, 0.5) is 10.5 Å². The molecule has 1 N–H and O–H groups in total. The number of hydrogen-bond acceptors (Lipinski definition) is 5. The van der Waals surface area contributed by atoms with Crippen LogP contribution in [0.3, 0.4) is 0 Å². The molecule has 33 heavy (non-hydrogen) atoms. The van der Waals surface area contributed by atoms with Gasteiger partial charge in [0.25, 0.3) is 0 Å². The number of amides is 2. The quantitative estimate of drug-likeness (QED) is 0.587. The number of urea groups is 1. The number of aryl methyl sites for hydroxylation is 1. The molecular weight excluding hydrogens is 414 g/mol. The number of nitrogens with one attached hydrogen (secondary N) is 1. The molecular formula is C26H25N5O2. The summed E-state index contributed by atoms with van der Waals surface area (Å²) >= 11 is 0. The summed E-state index contributed by atoms with van der Waals surface area (Å²) in [6.45, 7) is 5.34. The maximum absolute atomic E-state index is 12.7. The average Bonchev–Trinajstić information content (AvgIpc) is 2.82. The number of benzene rings is 1. The first-order valence-corrected chi connectivity index (χ1v) is 10.8. The smallest absolute Gasteiger partial charge is 0.321 e. The molecule has 7 nitrogen and oxygen atoms in total. The van der Waals surface area contributed by atoms with Crippen LogP contribution in [0.1, 0.15) is 30.3 Å². The van der Waals surface area contributed by atoms with Crippen LogP contribution in [0, 0.1) is 24.2 Å². The van der Waals surface area contributed by atoms with Crippen molar-refractivity contribution in [3.05, 3.63) is 83.4 Å². The summed E-state index contributed by atoms with van der Waals surface area (Å²) in [6, 6.07) is 16.9. The summed E-state index contributed by atoms with van der Waals surface area (Å²) in [5.74, 6) is 1.69. The minimum atomic E-state index is -0.158. The minimum Gasteiger partial charge on any atom is -0.456 e. The first-order valence-electron chi connectivity index (χ1n) is 10.8. The van der Waals surface area contributed by atoms with E-state index in [2.05, 4.69) is 34.4 Å². The van der Waals surface area contributed by atoms with Crippen LogP contribution in [-0.2, 0) is 0 Å². The van der Waals surface area contributed by atoms with Crippen LogP contribution in [0.15, 0.2) is 66.5 Å². The number of anilines is 1.